The number of allylic oxidation sites excluding steroid dienone is 3. The molecule has 2 heterocycles. The Balaban J connectivity index is 0.00000120. The fraction of sp³-hybridized carbons (Fsp3) is 0.417. The summed E-state index contributed by atoms with van der Waals surface area (Å²) >= 11 is 6.07. The number of amides is 1. The van der Waals surface area contributed by atoms with Gasteiger partial charge in [-0.15, -0.1) is 12.4 Å². The molecule has 0 radical (unpaired) electrons. The third-order valence-corrected chi connectivity index (χ3v) is 3.73. The molecule has 0 aromatic rings. The van der Waals surface area contributed by atoms with E-state index >= 15 is 0 Å². The maximum absolute atomic E-state index is 12.3. The number of carbonyl (C=O) groups is 1. The smallest absolute Gasteiger partial charge is 0.242 e. The Morgan fingerprint density at radius 1 is 1.50 bits per heavy atom. The van der Waals surface area contributed by atoms with Crippen LogP contribution in [-0.2, 0) is 9.53 Å². The van der Waals surface area contributed by atoms with E-state index in [4.69, 9.17) is 16.3 Å². The van der Waals surface area contributed by atoms with E-state index in [1.165, 1.54) is 0 Å². The van der Waals surface area contributed by atoms with Crippen molar-refractivity contribution in [3.05, 3.63) is 34.2 Å². The zero-order valence-corrected chi connectivity index (χ0v) is 11.5. The molecule has 1 N–H and O–H groups in total. The van der Waals surface area contributed by atoms with E-state index in [1.54, 1.807) is 13.2 Å². The molecule has 18 heavy (non-hydrogen) atoms. The van der Waals surface area contributed by atoms with Gasteiger partial charge >= 0.3 is 0 Å². The van der Waals surface area contributed by atoms with E-state index in [-0.39, 0.29) is 24.2 Å². The van der Waals surface area contributed by atoms with Crippen molar-refractivity contribution in [1.82, 2.24) is 10.2 Å². The molecule has 1 amide bonds. The van der Waals surface area contributed by atoms with Crippen LogP contribution in [0.3, 0.4) is 0 Å². The molecule has 4 nitrogen and oxygen atoms in total. The maximum atomic E-state index is 12.3. The van der Waals surface area contributed by atoms with Gasteiger partial charge in [0, 0.05) is 25.3 Å². The Bertz CT molecular complexity index is 482. The second-order valence-electron chi connectivity index (χ2n) is 4.25. The molecule has 1 saturated heterocycles. The molecule has 1 aliphatic carbocycles. The summed E-state index contributed by atoms with van der Waals surface area (Å²) in [7, 11) is 1.56. The highest BCUT2D eigenvalue weighted by atomic mass is 35.5. The topological polar surface area (TPSA) is 41.6 Å². The van der Waals surface area contributed by atoms with Crippen molar-refractivity contribution in [3.8, 4) is 0 Å². The van der Waals surface area contributed by atoms with Gasteiger partial charge in [-0.3, -0.25) is 4.79 Å². The van der Waals surface area contributed by atoms with E-state index in [1.807, 2.05) is 11.0 Å². The fourth-order valence-corrected chi connectivity index (χ4v) is 2.88. The summed E-state index contributed by atoms with van der Waals surface area (Å²) in [5, 5.41) is 3.79. The number of piperazine rings is 1. The van der Waals surface area contributed by atoms with Crippen LogP contribution in [0.5, 0.6) is 0 Å². The molecule has 3 rings (SSSR count). The minimum Gasteiger partial charge on any atom is -0.498 e. The molecule has 0 bridgehead atoms. The van der Waals surface area contributed by atoms with E-state index in [2.05, 4.69) is 5.32 Å². The molecule has 1 atom stereocenters. The lowest BCUT2D eigenvalue weighted by Gasteiger charge is -2.26. The van der Waals surface area contributed by atoms with Gasteiger partial charge in [0.05, 0.1) is 12.1 Å². The van der Waals surface area contributed by atoms with Crippen LogP contribution in [0.15, 0.2) is 34.2 Å². The van der Waals surface area contributed by atoms with Gasteiger partial charge in [-0.25, -0.2) is 0 Å². The molecule has 6 heteroatoms. The largest absolute Gasteiger partial charge is 0.498 e. The van der Waals surface area contributed by atoms with Crippen molar-refractivity contribution in [2.75, 3.05) is 26.7 Å². The Kier molecular flexibility index (Phi) is 3.71. The Morgan fingerprint density at radius 2 is 2.28 bits per heavy atom. The molecule has 3 aliphatic rings. The highest BCUT2D eigenvalue weighted by molar-refractivity contribution is 6.32. The Morgan fingerprint density at radius 3 is 3.00 bits per heavy atom. The molecule has 1 fully saturated rings. The summed E-state index contributed by atoms with van der Waals surface area (Å²) < 4.78 is 5.29. The van der Waals surface area contributed by atoms with Crippen LogP contribution < -0.4 is 5.32 Å². The van der Waals surface area contributed by atoms with Gasteiger partial charge in [-0.2, -0.15) is 0 Å². The van der Waals surface area contributed by atoms with Crippen LogP contribution in [-0.4, -0.2) is 37.6 Å². The summed E-state index contributed by atoms with van der Waals surface area (Å²) in [5.41, 5.74) is 2.07. The maximum Gasteiger partial charge on any atom is 0.242 e. The molecule has 1 unspecified atom stereocenters. The second kappa shape index (κ2) is 4.96. The lowest BCUT2D eigenvalue weighted by molar-refractivity contribution is -0.130. The van der Waals surface area contributed by atoms with Crippen LogP contribution >= 0.6 is 24.0 Å². The van der Waals surface area contributed by atoms with Crippen LogP contribution in [0.1, 0.15) is 0 Å². The second-order valence-corrected chi connectivity index (χ2v) is 4.66. The number of hydrogen-bond donors (Lipinski definition) is 1. The number of methoxy groups -OCH3 is 1. The zero-order chi connectivity index (χ0) is 12.0. The van der Waals surface area contributed by atoms with E-state index in [9.17, 15) is 4.79 Å². The first-order valence-corrected chi connectivity index (χ1v) is 5.98. The predicted molar refractivity (Wildman–Crippen MR) is 71.4 cm³/mol. The van der Waals surface area contributed by atoms with Gasteiger partial charge in [-0.05, 0) is 11.6 Å². The number of hydrogen-bond acceptors (Lipinski definition) is 3. The normalized spacial score (nSPS) is 26.0. The SMILES string of the molecule is COC1=C(Cl)C=CC2=C3CNCCN3C(=O)C21.Cl. The van der Waals surface area contributed by atoms with Crippen LogP contribution in [0.25, 0.3) is 0 Å². The lowest BCUT2D eigenvalue weighted by Crippen LogP contribution is -2.43. The van der Waals surface area contributed by atoms with Crippen molar-refractivity contribution in [1.29, 1.82) is 0 Å². The molecular weight excluding hydrogens is 275 g/mol. The first-order chi connectivity index (χ1) is 8.24. The summed E-state index contributed by atoms with van der Waals surface area (Å²) in [6.45, 7) is 2.28. The first-order valence-electron chi connectivity index (χ1n) is 5.61. The molecule has 0 saturated carbocycles. The standard InChI is InChI=1S/C12H13ClN2O2.ClH/c1-17-11-8(13)3-2-7-9-6-14-4-5-15(9)12(16)10(7)11;/h2-3,10,14H,4-6H2,1H3;1H. The Hall–Kier alpha value is -0.970. The monoisotopic (exact) mass is 288 g/mol. The van der Waals surface area contributed by atoms with E-state index in [0.29, 0.717) is 10.8 Å². The number of halogens is 2. The van der Waals surface area contributed by atoms with Gasteiger partial charge in [0.1, 0.15) is 11.7 Å². The molecule has 2 aliphatic heterocycles. The number of nitrogens with one attached hydrogen (secondary N) is 1. The van der Waals surface area contributed by atoms with Crippen molar-refractivity contribution >= 4 is 29.9 Å². The molecule has 0 aromatic carbocycles. The number of ether oxygens (including phenoxy) is 1. The van der Waals surface area contributed by atoms with Crippen LogP contribution in [0.4, 0.5) is 0 Å². The minimum absolute atomic E-state index is 0. The average Bonchev–Trinajstić information content (AvgIpc) is 2.64. The summed E-state index contributed by atoms with van der Waals surface area (Å²) in [4.78, 5) is 14.2. The van der Waals surface area contributed by atoms with Crippen molar-refractivity contribution in [3.63, 3.8) is 0 Å². The van der Waals surface area contributed by atoms with Gasteiger partial charge in [-0.1, -0.05) is 17.7 Å². The third kappa shape index (κ3) is 1.76. The number of rotatable bonds is 1. The van der Waals surface area contributed by atoms with E-state index in [0.717, 1.165) is 30.9 Å². The highest BCUT2D eigenvalue weighted by Crippen LogP contribution is 2.41. The van der Waals surface area contributed by atoms with Crippen LogP contribution in [0.2, 0.25) is 0 Å². The summed E-state index contributed by atoms with van der Waals surface area (Å²) in [5.74, 6) is 0.305. The van der Waals surface area contributed by atoms with Crippen molar-refractivity contribution < 1.29 is 9.53 Å². The quantitative estimate of drug-likeness (QED) is 0.793. The Labute approximate surface area is 117 Å². The lowest BCUT2D eigenvalue weighted by atomic mass is 9.93. The fourth-order valence-electron chi connectivity index (χ4n) is 2.63. The van der Waals surface area contributed by atoms with Gasteiger partial charge in [0.15, 0.2) is 0 Å². The average molecular weight is 289 g/mol. The minimum atomic E-state index is -0.340. The van der Waals surface area contributed by atoms with E-state index < -0.39 is 0 Å². The summed E-state index contributed by atoms with van der Waals surface area (Å²) in [6.07, 6.45) is 3.72. The number of carbonyl (C=O) groups excluding carboxylic acids is 1. The van der Waals surface area contributed by atoms with Crippen molar-refractivity contribution in [2.45, 2.75) is 0 Å². The van der Waals surface area contributed by atoms with Gasteiger partial charge in [0.25, 0.3) is 0 Å². The number of nitrogens with zero attached hydrogens (tertiary/aromatic N) is 1. The zero-order valence-electron chi connectivity index (χ0n) is 9.90. The van der Waals surface area contributed by atoms with Crippen molar-refractivity contribution in [2.24, 2.45) is 5.92 Å². The highest BCUT2D eigenvalue weighted by Gasteiger charge is 2.44. The van der Waals surface area contributed by atoms with Gasteiger partial charge in [0.2, 0.25) is 5.91 Å². The molecule has 98 valence electrons. The van der Waals surface area contributed by atoms with Gasteiger partial charge < -0.3 is 15.0 Å². The molecular formula is C12H14Cl2N2O2. The first kappa shape index (κ1) is 13.5. The molecule has 0 aromatic heterocycles. The third-order valence-electron chi connectivity index (χ3n) is 3.41. The molecule has 0 spiro atoms. The summed E-state index contributed by atoms with van der Waals surface area (Å²) in [6, 6.07) is 0. The number of fused-ring (bicyclic) bond motifs is 2. The van der Waals surface area contributed by atoms with Crippen LogP contribution in [0, 0.1) is 5.92 Å². The predicted octanol–water partition coefficient (Wildman–Crippen LogP) is 1.39.